The van der Waals surface area contributed by atoms with Gasteiger partial charge in [-0.15, -0.1) is 0 Å². The standard InChI is InChI=1S/C21H25NO4/c1-4-26-21(23)22-11-10-16-13-19(24-2)20(25-3)14-17(16)18(22)12-15-8-6-5-7-9-15/h5-9,13-14,18H,4,10-12H2,1-3H3. The monoisotopic (exact) mass is 355 g/mol. The summed E-state index contributed by atoms with van der Waals surface area (Å²) in [6.45, 7) is 2.82. The molecule has 26 heavy (non-hydrogen) atoms. The van der Waals surface area contributed by atoms with Gasteiger partial charge in [-0.05, 0) is 48.6 Å². The van der Waals surface area contributed by atoms with Crippen LogP contribution in [0.5, 0.6) is 11.5 Å². The molecule has 1 heterocycles. The summed E-state index contributed by atoms with van der Waals surface area (Å²) in [5.74, 6) is 1.39. The fraction of sp³-hybridized carbons (Fsp3) is 0.381. The number of fused-ring (bicyclic) bond motifs is 1. The van der Waals surface area contributed by atoms with E-state index < -0.39 is 0 Å². The Morgan fingerprint density at radius 2 is 1.81 bits per heavy atom. The number of nitrogens with zero attached hydrogens (tertiary/aromatic N) is 1. The van der Waals surface area contributed by atoms with Gasteiger partial charge in [0, 0.05) is 6.54 Å². The van der Waals surface area contributed by atoms with Gasteiger partial charge in [0.2, 0.25) is 0 Å². The van der Waals surface area contributed by atoms with Crippen LogP contribution in [-0.2, 0) is 17.6 Å². The minimum Gasteiger partial charge on any atom is -0.493 e. The molecule has 1 amide bonds. The van der Waals surface area contributed by atoms with Crippen molar-refractivity contribution in [2.75, 3.05) is 27.4 Å². The number of rotatable bonds is 5. The summed E-state index contributed by atoms with van der Waals surface area (Å²) < 4.78 is 16.2. The van der Waals surface area contributed by atoms with E-state index in [1.165, 1.54) is 11.1 Å². The van der Waals surface area contributed by atoms with Crippen molar-refractivity contribution >= 4 is 6.09 Å². The first-order valence-corrected chi connectivity index (χ1v) is 8.90. The van der Waals surface area contributed by atoms with Gasteiger partial charge in [-0.2, -0.15) is 0 Å². The van der Waals surface area contributed by atoms with E-state index in [-0.39, 0.29) is 12.1 Å². The van der Waals surface area contributed by atoms with E-state index in [1.807, 2.05) is 42.2 Å². The van der Waals surface area contributed by atoms with Gasteiger partial charge in [-0.25, -0.2) is 4.79 Å². The van der Waals surface area contributed by atoms with Crippen molar-refractivity contribution in [3.8, 4) is 11.5 Å². The summed E-state index contributed by atoms with van der Waals surface area (Å²) in [6.07, 6.45) is 1.22. The lowest BCUT2D eigenvalue weighted by molar-refractivity contribution is 0.0863. The second-order valence-corrected chi connectivity index (χ2v) is 6.25. The first kappa shape index (κ1) is 18.1. The third kappa shape index (κ3) is 3.62. The lowest BCUT2D eigenvalue weighted by Gasteiger charge is -2.37. The third-order valence-electron chi connectivity index (χ3n) is 4.78. The van der Waals surface area contributed by atoms with E-state index in [9.17, 15) is 4.79 Å². The molecule has 138 valence electrons. The Hall–Kier alpha value is -2.69. The van der Waals surface area contributed by atoms with Crippen LogP contribution in [0.1, 0.15) is 29.7 Å². The average molecular weight is 355 g/mol. The summed E-state index contributed by atoms with van der Waals surface area (Å²) in [6, 6.07) is 14.1. The number of carbonyl (C=O) groups excluding carboxylic acids is 1. The summed E-state index contributed by atoms with van der Waals surface area (Å²) in [7, 11) is 3.27. The smallest absolute Gasteiger partial charge is 0.410 e. The van der Waals surface area contributed by atoms with Gasteiger partial charge in [0.1, 0.15) is 0 Å². The Bertz CT molecular complexity index is 760. The van der Waals surface area contributed by atoms with Crippen molar-refractivity contribution in [3.63, 3.8) is 0 Å². The van der Waals surface area contributed by atoms with Crippen LogP contribution in [0.15, 0.2) is 42.5 Å². The summed E-state index contributed by atoms with van der Waals surface area (Å²) >= 11 is 0. The average Bonchev–Trinajstić information content (AvgIpc) is 2.68. The van der Waals surface area contributed by atoms with Crippen LogP contribution in [0.2, 0.25) is 0 Å². The molecule has 1 atom stereocenters. The summed E-state index contributed by atoms with van der Waals surface area (Å²) in [4.78, 5) is 14.4. The number of hydrogen-bond donors (Lipinski definition) is 0. The van der Waals surface area contributed by atoms with Gasteiger partial charge >= 0.3 is 6.09 Å². The van der Waals surface area contributed by atoms with Crippen molar-refractivity contribution in [2.45, 2.75) is 25.8 Å². The Kier molecular flexibility index (Phi) is 5.66. The zero-order valence-corrected chi connectivity index (χ0v) is 15.5. The normalized spacial score (nSPS) is 16.0. The minimum atomic E-state index is -0.270. The largest absolute Gasteiger partial charge is 0.493 e. The van der Waals surface area contributed by atoms with E-state index in [2.05, 4.69) is 12.1 Å². The summed E-state index contributed by atoms with van der Waals surface area (Å²) in [5.41, 5.74) is 3.45. The van der Waals surface area contributed by atoms with Crippen molar-refractivity contribution in [1.29, 1.82) is 0 Å². The molecule has 3 rings (SSSR count). The molecule has 5 nitrogen and oxygen atoms in total. The van der Waals surface area contributed by atoms with Crippen molar-refractivity contribution in [1.82, 2.24) is 4.90 Å². The quantitative estimate of drug-likeness (QED) is 0.813. The van der Waals surface area contributed by atoms with Gasteiger partial charge in [0.05, 0.1) is 26.9 Å². The number of hydrogen-bond acceptors (Lipinski definition) is 4. The highest BCUT2D eigenvalue weighted by molar-refractivity contribution is 5.69. The highest BCUT2D eigenvalue weighted by Gasteiger charge is 2.33. The molecule has 1 aliphatic heterocycles. The van der Waals surface area contributed by atoms with Gasteiger partial charge < -0.3 is 19.1 Å². The van der Waals surface area contributed by atoms with E-state index in [4.69, 9.17) is 14.2 Å². The summed E-state index contributed by atoms with van der Waals surface area (Å²) in [5, 5.41) is 0. The molecule has 0 saturated carbocycles. The third-order valence-corrected chi connectivity index (χ3v) is 4.78. The molecule has 0 saturated heterocycles. The van der Waals surface area contributed by atoms with Crippen LogP contribution in [0.3, 0.4) is 0 Å². The zero-order chi connectivity index (χ0) is 18.5. The Morgan fingerprint density at radius 3 is 2.46 bits per heavy atom. The second kappa shape index (κ2) is 8.13. The minimum absolute atomic E-state index is 0.0972. The van der Waals surface area contributed by atoms with E-state index in [1.54, 1.807) is 14.2 Å². The molecule has 0 N–H and O–H groups in total. The van der Waals surface area contributed by atoms with E-state index >= 15 is 0 Å². The number of ether oxygens (including phenoxy) is 3. The molecule has 0 bridgehead atoms. The molecule has 0 aromatic heterocycles. The van der Waals surface area contributed by atoms with Crippen LogP contribution < -0.4 is 9.47 Å². The maximum atomic E-state index is 12.5. The molecule has 0 spiro atoms. The highest BCUT2D eigenvalue weighted by atomic mass is 16.6. The predicted octanol–water partition coefficient (Wildman–Crippen LogP) is 4.00. The fourth-order valence-corrected chi connectivity index (χ4v) is 3.51. The Labute approximate surface area is 154 Å². The molecule has 2 aromatic rings. The van der Waals surface area contributed by atoms with Crippen molar-refractivity contribution < 1.29 is 19.0 Å². The van der Waals surface area contributed by atoms with Gasteiger partial charge in [-0.1, -0.05) is 30.3 Å². The molecule has 0 radical (unpaired) electrons. The van der Waals surface area contributed by atoms with Crippen LogP contribution in [0.25, 0.3) is 0 Å². The number of carbonyl (C=O) groups is 1. The van der Waals surface area contributed by atoms with Crippen LogP contribution in [-0.4, -0.2) is 38.4 Å². The molecule has 1 aliphatic rings. The highest BCUT2D eigenvalue weighted by Crippen LogP contribution is 2.39. The second-order valence-electron chi connectivity index (χ2n) is 6.25. The number of amides is 1. The molecule has 0 fully saturated rings. The van der Waals surface area contributed by atoms with Crippen molar-refractivity contribution in [3.05, 3.63) is 59.2 Å². The Morgan fingerprint density at radius 1 is 1.12 bits per heavy atom. The topological polar surface area (TPSA) is 48.0 Å². The maximum absolute atomic E-state index is 12.5. The van der Waals surface area contributed by atoms with Crippen molar-refractivity contribution in [2.24, 2.45) is 0 Å². The zero-order valence-electron chi connectivity index (χ0n) is 15.5. The lowest BCUT2D eigenvalue weighted by Crippen LogP contribution is -2.41. The lowest BCUT2D eigenvalue weighted by atomic mass is 9.88. The maximum Gasteiger partial charge on any atom is 0.410 e. The molecule has 2 aromatic carbocycles. The molecule has 1 unspecified atom stereocenters. The number of benzene rings is 2. The Balaban J connectivity index is 2.02. The van der Waals surface area contributed by atoms with Crippen LogP contribution >= 0.6 is 0 Å². The van der Waals surface area contributed by atoms with Crippen LogP contribution in [0, 0.1) is 0 Å². The first-order chi connectivity index (χ1) is 12.7. The van der Waals surface area contributed by atoms with E-state index in [0.717, 1.165) is 18.4 Å². The SMILES string of the molecule is CCOC(=O)N1CCc2cc(OC)c(OC)cc2C1Cc1ccccc1. The number of methoxy groups -OCH3 is 2. The van der Waals surface area contributed by atoms with E-state index in [0.29, 0.717) is 24.7 Å². The van der Waals surface area contributed by atoms with Gasteiger partial charge in [-0.3, -0.25) is 0 Å². The van der Waals surface area contributed by atoms with Crippen LogP contribution in [0.4, 0.5) is 4.79 Å². The fourth-order valence-electron chi connectivity index (χ4n) is 3.51. The first-order valence-electron chi connectivity index (χ1n) is 8.90. The van der Waals surface area contributed by atoms with Gasteiger partial charge in [0.15, 0.2) is 11.5 Å². The molecular weight excluding hydrogens is 330 g/mol. The predicted molar refractivity (Wildman–Crippen MR) is 99.9 cm³/mol. The molecular formula is C21H25NO4. The molecule has 5 heteroatoms. The van der Waals surface area contributed by atoms with Gasteiger partial charge in [0.25, 0.3) is 0 Å². The molecule has 0 aliphatic carbocycles.